The number of rotatable bonds is 5. The first-order valence-electron chi connectivity index (χ1n) is 10.7. The van der Waals surface area contributed by atoms with Crippen LogP contribution in [-0.4, -0.2) is 67.6 Å². The van der Waals surface area contributed by atoms with Gasteiger partial charge in [-0.15, -0.1) is 0 Å². The van der Waals surface area contributed by atoms with Crippen molar-refractivity contribution in [3.05, 3.63) is 23.3 Å². The van der Waals surface area contributed by atoms with Crippen molar-refractivity contribution < 1.29 is 14.0 Å². The van der Waals surface area contributed by atoms with Crippen molar-refractivity contribution in [1.82, 2.24) is 15.0 Å². The van der Waals surface area contributed by atoms with E-state index in [2.05, 4.69) is 41.8 Å². The number of benzene rings is 1. The van der Waals surface area contributed by atoms with Crippen LogP contribution < -0.4 is 9.64 Å². The zero-order valence-corrected chi connectivity index (χ0v) is 18.0. The summed E-state index contributed by atoms with van der Waals surface area (Å²) in [5, 5.41) is 4.27. The molecule has 1 aromatic carbocycles. The second kappa shape index (κ2) is 8.71. The first-order chi connectivity index (χ1) is 14.1. The maximum Gasteiger partial charge on any atom is 0.266 e. The summed E-state index contributed by atoms with van der Waals surface area (Å²) in [6.45, 7) is 12.1. The van der Waals surface area contributed by atoms with E-state index in [0.29, 0.717) is 23.8 Å². The quantitative estimate of drug-likeness (QED) is 0.761. The number of piperidine rings is 1. The minimum absolute atomic E-state index is 0.392. The van der Waals surface area contributed by atoms with Crippen LogP contribution in [0.5, 0.6) is 5.75 Å². The van der Waals surface area contributed by atoms with Gasteiger partial charge in [0.2, 0.25) is 0 Å². The van der Waals surface area contributed by atoms with E-state index in [0.717, 1.165) is 69.1 Å². The molecule has 3 heterocycles. The van der Waals surface area contributed by atoms with Crippen molar-refractivity contribution in [2.45, 2.75) is 45.6 Å². The minimum atomic E-state index is 0.392. The predicted molar refractivity (Wildman–Crippen MR) is 113 cm³/mol. The molecule has 7 nitrogen and oxygen atoms in total. The van der Waals surface area contributed by atoms with Crippen LogP contribution in [0.15, 0.2) is 16.7 Å². The lowest BCUT2D eigenvalue weighted by atomic mass is 9.96. The molecule has 0 atom stereocenters. The first-order valence-corrected chi connectivity index (χ1v) is 10.7. The molecule has 0 N–H and O–H groups in total. The van der Waals surface area contributed by atoms with E-state index in [1.807, 2.05) is 6.07 Å². The highest BCUT2D eigenvalue weighted by molar-refractivity contribution is 5.64. The summed E-state index contributed by atoms with van der Waals surface area (Å²) in [5.74, 6) is 2.50. The van der Waals surface area contributed by atoms with Gasteiger partial charge in [-0.05, 0) is 48.0 Å². The standard InChI is InChI=1S/C22H32N4O3/c1-15(2)18-13-16(3)19(14-20(18)27-4)21-23-22(24-29-21)26-7-5-17(6-8-26)25-9-11-28-12-10-25/h13-15,17H,5-12H2,1-4H3. The average molecular weight is 401 g/mol. The third-order valence-electron chi connectivity index (χ3n) is 6.15. The molecule has 2 aliphatic heterocycles. The molecule has 1 aromatic heterocycles. The monoisotopic (exact) mass is 400 g/mol. The first kappa shape index (κ1) is 20.2. The van der Waals surface area contributed by atoms with E-state index in [1.54, 1.807) is 7.11 Å². The molecule has 4 rings (SSSR count). The molecule has 29 heavy (non-hydrogen) atoms. The van der Waals surface area contributed by atoms with Gasteiger partial charge in [0, 0.05) is 37.8 Å². The van der Waals surface area contributed by atoms with Crippen molar-refractivity contribution in [1.29, 1.82) is 0 Å². The molecule has 158 valence electrons. The van der Waals surface area contributed by atoms with Crippen molar-refractivity contribution >= 4 is 5.95 Å². The smallest absolute Gasteiger partial charge is 0.266 e. The number of aromatic nitrogens is 2. The van der Waals surface area contributed by atoms with Crippen LogP contribution in [0.25, 0.3) is 11.5 Å². The second-order valence-corrected chi connectivity index (χ2v) is 8.33. The summed E-state index contributed by atoms with van der Waals surface area (Å²) in [7, 11) is 1.71. The fourth-order valence-corrected chi connectivity index (χ4v) is 4.40. The Morgan fingerprint density at radius 1 is 1.10 bits per heavy atom. The van der Waals surface area contributed by atoms with Crippen molar-refractivity contribution in [2.24, 2.45) is 0 Å². The topological polar surface area (TPSA) is 63.9 Å². The van der Waals surface area contributed by atoms with Gasteiger partial charge in [0.15, 0.2) is 0 Å². The second-order valence-electron chi connectivity index (χ2n) is 8.33. The zero-order valence-electron chi connectivity index (χ0n) is 18.0. The maximum atomic E-state index is 5.64. The lowest BCUT2D eigenvalue weighted by Crippen LogP contribution is -2.49. The molecular formula is C22H32N4O3. The van der Waals surface area contributed by atoms with Crippen molar-refractivity contribution in [3.63, 3.8) is 0 Å². The van der Waals surface area contributed by atoms with Gasteiger partial charge in [0.1, 0.15) is 5.75 Å². The molecule has 2 saturated heterocycles. The van der Waals surface area contributed by atoms with Gasteiger partial charge in [-0.25, -0.2) is 0 Å². The van der Waals surface area contributed by atoms with Gasteiger partial charge in [-0.3, -0.25) is 4.90 Å². The summed E-state index contributed by atoms with van der Waals surface area (Å²) in [6, 6.07) is 4.82. The highest BCUT2D eigenvalue weighted by Crippen LogP contribution is 2.34. The fourth-order valence-electron chi connectivity index (χ4n) is 4.40. The third-order valence-corrected chi connectivity index (χ3v) is 6.15. The number of methoxy groups -OCH3 is 1. The molecule has 0 saturated carbocycles. The summed E-state index contributed by atoms with van der Waals surface area (Å²) in [5.41, 5.74) is 3.25. The van der Waals surface area contributed by atoms with E-state index in [4.69, 9.17) is 19.0 Å². The number of nitrogens with zero attached hydrogens (tertiary/aromatic N) is 4. The zero-order chi connectivity index (χ0) is 20.4. The summed E-state index contributed by atoms with van der Waals surface area (Å²) < 4.78 is 16.7. The van der Waals surface area contributed by atoms with Crippen LogP contribution in [0.2, 0.25) is 0 Å². The summed E-state index contributed by atoms with van der Waals surface area (Å²) >= 11 is 0. The van der Waals surface area contributed by atoms with Crippen LogP contribution in [0.1, 0.15) is 43.7 Å². The number of aryl methyl sites for hydroxylation is 1. The number of hydrogen-bond donors (Lipinski definition) is 0. The van der Waals surface area contributed by atoms with Gasteiger partial charge in [0.05, 0.1) is 20.3 Å². The summed E-state index contributed by atoms with van der Waals surface area (Å²) in [6.07, 6.45) is 2.25. The number of morpholine rings is 1. The largest absolute Gasteiger partial charge is 0.496 e. The SMILES string of the molecule is COc1cc(-c2nc(N3CCC(N4CCOCC4)CC3)no2)c(C)cc1C(C)C. The molecule has 2 aromatic rings. The molecule has 0 aliphatic carbocycles. The highest BCUT2D eigenvalue weighted by atomic mass is 16.5. The Morgan fingerprint density at radius 3 is 2.48 bits per heavy atom. The Kier molecular flexibility index (Phi) is 6.06. The Labute approximate surface area is 173 Å². The van der Waals surface area contributed by atoms with Gasteiger partial charge < -0.3 is 18.9 Å². The highest BCUT2D eigenvalue weighted by Gasteiger charge is 2.28. The number of ether oxygens (including phenoxy) is 2. The van der Waals surface area contributed by atoms with Crippen LogP contribution in [0, 0.1) is 6.92 Å². The molecule has 2 fully saturated rings. The van der Waals surface area contributed by atoms with E-state index >= 15 is 0 Å². The van der Waals surface area contributed by atoms with Crippen molar-refractivity contribution in [2.75, 3.05) is 51.4 Å². The van der Waals surface area contributed by atoms with E-state index in [1.165, 1.54) is 5.56 Å². The molecule has 0 bridgehead atoms. The van der Waals surface area contributed by atoms with Crippen molar-refractivity contribution in [3.8, 4) is 17.2 Å². The van der Waals surface area contributed by atoms with Gasteiger partial charge in [-0.2, -0.15) is 4.98 Å². The minimum Gasteiger partial charge on any atom is -0.496 e. The summed E-state index contributed by atoms with van der Waals surface area (Å²) in [4.78, 5) is 9.51. The molecule has 0 unspecified atom stereocenters. The van der Waals surface area contributed by atoms with Crippen LogP contribution >= 0.6 is 0 Å². The Balaban J connectivity index is 1.46. The molecular weight excluding hydrogens is 368 g/mol. The normalized spacial score (nSPS) is 19.1. The number of hydrogen-bond acceptors (Lipinski definition) is 7. The molecule has 0 spiro atoms. The molecule has 7 heteroatoms. The van der Waals surface area contributed by atoms with Crippen LogP contribution in [0.4, 0.5) is 5.95 Å². The Bertz CT molecular complexity index is 821. The fraction of sp³-hybridized carbons (Fsp3) is 0.636. The van der Waals surface area contributed by atoms with Gasteiger partial charge in [-0.1, -0.05) is 19.9 Å². The number of anilines is 1. The van der Waals surface area contributed by atoms with Gasteiger partial charge in [0.25, 0.3) is 11.8 Å². The van der Waals surface area contributed by atoms with Crippen LogP contribution in [0.3, 0.4) is 0 Å². The molecule has 2 aliphatic rings. The van der Waals surface area contributed by atoms with Crippen LogP contribution in [-0.2, 0) is 4.74 Å². The lowest BCUT2D eigenvalue weighted by molar-refractivity contribution is 0.0114. The molecule has 0 radical (unpaired) electrons. The Hall–Kier alpha value is -2.12. The van der Waals surface area contributed by atoms with Gasteiger partial charge >= 0.3 is 0 Å². The molecule has 0 amide bonds. The Morgan fingerprint density at radius 2 is 1.83 bits per heavy atom. The lowest BCUT2D eigenvalue weighted by Gasteiger charge is -2.39. The maximum absolute atomic E-state index is 5.64. The average Bonchev–Trinajstić information content (AvgIpc) is 3.24. The van der Waals surface area contributed by atoms with E-state index in [-0.39, 0.29) is 0 Å². The third kappa shape index (κ3) is 4.26. The van der Waals surface area contributed by atoms with E-state index < -0.39 is 0 Å². The predicted octanol–water partition coefficient (Wildman–Crippen LogP) is 3.48. The van der Waals surface area contributed by atoms with E-state index in [9.17, 15) is 0 Å².